The molecule has 0 aromatic heterocycles. The van der Waals surface area contributed by atoms with Crippen LogP contribution in [-0.2, 0) is 20.7 Å². The first-order chi connectivity index (χ1) is 20.6. The highest BCUT2D eigenvalue weighted by atomic mass is 16.6. The molecule has 11 heteroatoms. The topological polar surface area (TPSA) is 148 Å². The molecule has 1 aliphatic heterocycles. The normalized spacial score (nSPS) is 19.1. The van der Waals surface area contributed by atoms with Crippen molar-refractivity contribution < 1.29 is 33.6 Å². The van der Waals surface area contributed by atoms with Gasteiger partial charge in [0.15, 0.2) is 23.1 Å². The molecule has 2 aliphatic carbocycles. The first-order valence-electron chi connectivity index (χ1n) is 14.3. The number of carbonyl (C=O) groups excluding carboxylic acids is 2. The maximum atomic E-state index is 13.7. The van der Waals surface area contributed by atoms with E-state index in [-0.39, 0.29) is 46.1 Å². The van der Waals surface area contributed by atoms with E-state index < -0.39 is 27.1 Å². The molecule has 0 N–H and O–H groups in total. The van der Waals surface area contributed by atoms with Crippen molar-refractivity contribution in [3.05, 3.63) is 97.0 Å². The van der Waals surface area contributed by atoms with Gasteiger partial charge in [0.2, 0.25) is 5.75 Å². The predicted molar refractivity (Wildman–Crippen MR) is 161 cm³/mol. The lowest BCUT2D eigenvalue weighted by Crippen LogP contribution is -2.37. The Kier molecular flexibility index (Phi) is 7.69. The molecule has 5 rings (SSSR count). The van der Waals surface area contributed by atoms with E-state index >= 15 is 0 Å². The highest BCUT2D eigenvalue weighted by molar-refractivity contribution is 6.06. The minimum Gasteiger partial charge on any atom is -0.493 e. The van der Waals surface area contributed by atoms with Gasteiger partial charge in [-0.05, 0) is 34.9 Å². The number of allylic oxidation sites excluding steroid dienone is 5. The zero-order valence-electron chi connectivity index (χ0n) is 25.4. The van der Waals surface area contributed by atoms with Gasteiger partial charge < -0.3 is 14.2 Å². The lowest BCUT2D eigenvalue weighted by molar-refractivity contribution is -0.394. The number of hydrogen-bond acceptors (Lipinski definition) is 9. The molecule has 3 aliphatic rings. The third-order valence-electron chi connectivity index (χ3n) is 8.22. The summed E-state index contributed by atoms with van der Waals surface area (Å²) in [6.45, 7) is 11.9. The van der Waals surface area contributed by atoms with Gasteiger partial charge in [0.1, 0.15) is 11.5 Å². The second kappa shape index (κ2) is 11.0. The SMILES string of the molecule is C=CCc1cc(C2C3=C(CC(C)(C)CC3=O)OC3=C2C(=O)CC(C)(C)C3)cc(OC)c1Oc1ccc([N+](=O)[O-])cc1[N+](=O)[O-]. The smallest absolute Gasteiger partial charge is 0.318 e. The molecular weight excluding hydrogens is 568 g/mol. The number of nitro benzene ring substituents is 2. The van der Waals surface area contributed by atoms with Crippen molar-refractivity contribution in [3.8, 4) is 17.2 Å². The van der Waals surface area contributed by atoms with E-state index in [1.165, 1.54) is 13.2 Å². The molecule has 0 saturated heterocycles. The fourth-order valence-electron chi connectivity index (χ4n) is 6.39. The summed E-state index contributed by atoms with van der Waals surface area (Å²) < 4.78 is 18.2. The number of ether oxygens (including phenoxy) is 3. The summed E-state index contributed by atoms with van der Waals surface area (Å²) in [6, 6.07) is 6.58. The Morgan fingerprint density at radius 1 is 0.909 bits per heavy atom. The molecule has 44 heavy (non-hydrogen) atoms. The van der Waals surface area contributed by atoms with Gasteiger partial charge in [-0.1, -0.05) is 39.8 Å². The second-order valence-electron chi connectivity index (χ2n) is 13.1. The summed E-state index contributed by atoms with van der Waals surface area (Å²) in [5.41, 5.74) is 0.412. The molecule has 2 aromatic carbocycles. The van der Waals surface area contributed by atoms with Crippen molar-refractivity contribution in [1.82, 2.24) is 0 Å². The summed E-state index contributed by atoms with van der Waals surface area (Å²) in [5.74, 6) is 0.422. The highest BCUT2D eigenvalue weighted by Crippen LogP contribution is 2.54. The van der Waals surface area contributed by atoms with Crippen LogP contribution in [0.3, 0.4) is 0 Å². The number of non-ortho nitro benzene ring substituents is 1. The molecule has 11 nitrogen and oxygen atoms in total. The summed E-state index contributed by atoms with van der Waals surface area (Å²) in [5, 5.41) is 23.0. The average Bonchev–Trinajstić information content (AvgIpc) is 2.91. The maximum absolute atomic E-state index is 13.7. The van der Waals surface area contributed by atoms with E-state index in [4.69, 9.17) is 14.2 Å². The van der Waals surface area contributed by atoms with Crippen LogP contribution in [0.1, 0.15) is 70.4 Å². The third kappa shape index (κ3) is 5.61. The van der Waals surface area contributed by atoms with E-state index in [2.05, 4.69) is 6.58 Å². The van der Waals surface area contributed by atoms with Gasteiger partial charge in [0.25, 0.3) is 5.69 Å². The Hall–Kier alpha value is -4.80. The third-order valence-corrected chi connectivity index (χ3v) is 8.22. The van der Waals surface area contributed by atoms with Crippen LogP contribution in [0.15, 0.2) is 65.7 Å². The highest BCUT2D eigenvalue weighted by Gasteiger charge is 2.48. The van der Waals surface area contributed by atoms with Gasteiger partial charge in [0.05, 0.1) is 23.0 Å². The van der Waals surface area contributed by atoms with Crippen molar-refractivity contribution in [2.75, 3.05) is 7.11 Å². The van der Waals surface area contributed by atoms with Crippen molar-refractivity contribution in [2.24, 2.45) is 10.8 Å². The van der Waals surface area contributed by atoms with Crippen LogP contribution in [0.4, 0.5) is 11.4 Å². The van der Waals surface area contributed by atoms with Crippen LogP contribution < -0.4 is 9.47 Å². The molecule has 0 saturated carbocycles. The van der Waals surface area contributed by atoms with Gasteiger partial charge in [-0.2, -0.15) is 0 Å². The lowest BCUT2D eigenvalue weighted by atomic mass is 9.65. The van der Waals surface area contributed by atoms with E-state index in [1.54, 1.807) is 18.2 Å². The summed E-state index contributed by atoms with van der Waals surface area (Å²) in [6.07, 6.45) is 3.56. The average molecular weight is 603 g/mol. The number of ketones is 2. The van der Waals surface area contributed by atoms with Crippen LogP contribution in [-0.4, -0.2) is 28.5 Å². The number of nitrogens with zero attached hydrogens (tertiary/aromatic N) is 2. The predicted octanol–water partition coefficient (Wildman–Crippen LogP) is 7.43. The standard InChI is InChI=1S/C33H34N2O9/c1-7-8-18-11-19(12-25(42-6)31(18)44-24-10-9-20(34(38)39)13-21(24)35(40)41)28-29-22(36)14-32(2,3)16-26(29)43-27-17-33(4,5)15-23(37)30(27)28/h7,9-13,28H,1,8,14-17H2,2-6H3. The molecule has 0 unspecified atom stereocenters. The van der Waals surface area contributed by atoms with Crippen LogP contribution >= 0.6 is 0 Å². The van der Waals surface area contributed by atoms with Gasteiger partial charge in [-0.15, -0.1) is 6.58 Å². The minimum atomic E-state index is -0.757. The Bertz CT molecular complexity index is 1640. The Balaban J connectivity index is 1.70. The van der Waals surface area contributed by atoms with E-state index in [0.29, 0.717) is 59.5 Å². The molecule has 0 radical (unpaired) electrons. The van der Waals surface area contributed by atoms with Gasteiger partial charge in [0, 0.05) is 54.4 Å². The Morgan fingerprint density at radius 3 is 2.00 bits per heavy atom. The number of Topliss-reactive ketones (excluding diaryl/α,β-unsaturated/α-hetero) is 2. The molecular formula is C33H34N2O9. The minimum absolute atomic E-state index is 0.0866. The summed E-state index contributed by atoms with van der Waals surface area (Å²) in [7, 11) is 1.41. The molecule has 230 valence electrons. The van der Waals surface area contributed by atoms with Crippen LogP contribution in [0, 0.1) is 31.1 Å². The summed E-state index contributed by atoms with van der Waals surface area (Å²) in [4.78, 5) is 49.0. The first kappa shape index (κ1) is 30.7. The van der Waals surface area contributed by atoms with E-state index in [0.717, 1.165) is 12.1 Å². The van der Waals surface area contributed by atoms with Crippen LogP contribution in [0.2, 0.25) is 0 Å². The monoisotopic (exact) mass is 602 g/mol. The van der Waals surface area contributed by atoms with Crippen LogP contribution in [0.25, 0.3) is 0 Å². The van der Waals surface area contributed by atoms with Crippen molar-refractivity contribution in [2.45, 2.75) is 65.7 Å². The van der Waals surface area contributed by atoms with Gasteiger partial charge >= 0.3 is 5.69 Å². The van der Waals surface area contributed by atoms with Crippen molar-refractivity contribution in [3.63, 3.8) is 0 Å². The second-order valence-corrected chi connectivity index (χ2v) is 13.1. The molecule has 0 amide bonds. The fraction of sp³-hybridized carbons (Fsp3) is 0.394. The number of carbonyl (C=O) groups is 2. The van der Waals surface area contributed by atoms with Gasteiger partial charge in [-0.25, -0.2) is 0 Å². The number of methoxy groups -OCH3 is 1. The number of rotatable bonds is 8. The molecule has 0 atom stereocenters. The molecule has 1 heterocycles. The summed E-state index contributed by atoms with van der Waals surface area (Å²) >= 11 is 0. The quantitative estimate of drug-likeness (QED) is 0.171. The number of benzene rings is 2. The number of nitro groups is 2. The van der Waals surface area contributed by atoms with E-state index in [9.17, 15) is 29.8 Å². The Morgan fingerprint density at radius 2 is 1.50 bits per heavy atom. The van der Waals surface area contributed by atoms with Crippen molar-refractivity contribution in [1.29, 1.82) is 0 Å². The lowest BCUT2D eigenvalue weighted by Gasteiger charge is -2.42. The fourth-order valence-corrected chi connectivity index (χ4v) is 6.39. The largest absolute Gasteiger partial charge is 0.493 e. The van der Waals surface area contributed by atoms with Gasteiger partial charge in [-0.3, -0.25) is 29.8 Å². The zero-order valence-corrected chi connectivity index (χ0v) is 25.4. The molecule has 0 spiro atoms. The maximum Gasteiger partial charge on any atom is 0.318 e. The molecule has 0 fully saturated rings. The van der Waals surface area contributed by atoms with Crippen LogP contribution in [0.5, 0.6) is 17.2 Å². The molecule has 2 aromatic rings. The Labute approximate surface area is 254 Å². The van der Waals surface area contributed by atoms with Crippen molar-refractivity contribution >= 4 is 22.9 Å². The number of hydrogen-bond donors (Lipinski definition) is 0. The zero-order chi connectivity index (χ0) is 32.1. The van der Waals surface area contributed by atoms with E-state index in [1.807, 2.05) is 27.7 Å². The first-order valence-corrected chi connectivity index (χ1v) is 14.3. The molecule has 0 bridgehead atoms.